The zero-order chi connectivity index (χ0) is 14.1. The van der Waals surface area contributed by atoms with Crippen molar-refractivity contribution < 1.29 is 0 Å². The summed E-state index contributed by atoms with van der Waals surface area (Å²) in [5.74, 6) is 1.07. The van der Waals surface area contributed by atoms with E-state index in [1.807, 2.05) is 6.07 Å². The molecule has 2 aromatic heterocycles. The van der Waals surface area contributed by atoms with E-state index in [0.29, 0.717) is 0 Å². The lowest BCUT2D eigenvalue weighted by Crippen LogP contribution is -2.18. The highest BCUT2D eigenvalue weighted by molar-refractivity contribution is 5.80. The maximum absolute atomic E-state index is 4.81. The second-order valence-corrected chi connectivity index (χ2v) is 5.34. The summed E-state index contributed by atoms with van der Waals surface area (Å²) in [5, 5.41) is 0. The number of anilines is 1. The maximum atomic E-state index is 4.81. The molecule has 0 unspecified atom stereocenters. The van der Waals surface area contributed by atoms with Crippen molar-refractivity contribution in [3.05, 3.63) is 48.8 Å². The minimum atomic E-state index is 0.906. The van der Waals surface area contributed by atoms with Crippen LogP contribution in [0.4, 0.5) is 5.82 Å². The first kappa shape index (κ1) is 12.3. The van der Waals surface area contributed by atoms with E-state index >= 15 is 0 Å². The molecule has 3 aromatic rings. The number of hydrogen-bond donors (Lipinski definition) is 0. The first-order valence-electron chi connectivity index (χ1n) is 7.33. The van der Waals surface area contributed by atoms with Crippen LogP contribution in [-0.4, -0.2) is 28.0 Å². The Labute approximate surface area is 123 Å². The van der Waals surface area contributed by atoms with E-state index in [1.54, 1.807) is 12.4 Å². The molecule has 21 heavy (non-hydrogen) atoms. The van der Waals surface area contributed by atoms with Gasteiger partial charge in [-0.25, -0.2) is 4.98 Å². The predicted molar refractivity (Wildman–Crippen MR) is 84.2 cm³/mol. The smallest absolute Gasteiger partial charge is 0.129 e. The van der Waals surface area contributed by atoms with Crippen molar-refractivity contribution in [1.29, 1.82) is 0 Å². The lowest BCUT2D eigenvalue weighted by Gasteiger charge is -2.17. The van der Waals surface area contributed by atoms with E-state index in [1.165, 1.54) is 12.8 Å². The second-order valence-electron chi connectivity index (χ2n) is 5.34. The molecule has 0 spiro atoms. The van der Waals surface area contributed by atoms with Gasteiger partial charge in [0.2, 0.25) is 0 Å². The molecule has 0 bridgehead atoms. The molecule has 1 aliphatic rings. The van der Waals surface area contributed by atoms with Crippen LogP contribution in [0.3, 0.4) is 0 Å². The van der Waals surface area contributed by atoms with Gasteiger partial charge in [-0.1, -0.05) is 12.1 Å². The maximum Gasteiger partial charge on any atom is 0.129 e. The highest BCUT2D eigenvalue weighted by Gasteiger charge is 2.14. The number of nitrogens with zero attached hydrogens (tertiary/aromatic N) is 4. The third-order valence-corrected chi connectivity index (χ3v) is 3.93. The molecular weight excluding hydrogens is 260 g/mol. The van der Waals surface area contributed by atoms with E-state index in [9.17, 15) is 0 Å². The summed E-state index contributed by atoms with van der Waals surface area (Å²) in [6, 6.07) is 12.3. The van der Waals surface area contributed by atoms with Crippen LogP contribution in [0.25, 0.3) is 22.3 Å². The molecule has 0 aliphatic carbocycles. The van der Waals surface area contributed by atoms with E-state index in [4.69, 9.17) is 4.98 Å². The third-order valence-electron chi connectivity index (χ3n) is 3.93. The molecule has 0 amide bonds. The van der Waals surface area contributed by atoms with Gasteiger partial charge in [-0.05, 0) is 37.1 Å². The number of pyridine rings is 1. The lowest BCUT2D eigenvalue weighted by atomic mass is 10.1. The van der Waals surface area contributed by atoms with Crippen LogP contribution in [0.5, 0.6) is 0 Å². The molecule has 1 aliphatic heterocycles. The molecule has 0 N–H and O–H groups in total. The van der Waals surface area contributed by atoms with E-state index in [0.717, 1.165) is 41.2 Å². The summed E-state index contributed by atoms with van der Waals surface area (Å²) in [6.45, 7) is 2.22. The average Bonchev–Trinajstić information content (AvgIpc) is 3.09. The molecule has 1 aromatic carbocycles. The van der Waals surface area contributed by atoms with Gasteiger partial charge in [0.05, 0.1) is 16.7 Å². The first-order valence-corrected chi connectivity index (χ1v) is 7.33. The summed E-state index contributed by atoms with van der Waals surface area (Å²) in [7, 11) is 0. The van der Waals surface area contributed by atoms with E-state index < -0.39 is 0 Å². The predicted octanol–water partition coefficient (Wildman–Crippen LogP) is 3.29. The zero-order valence-electron chi connectivity index (χ0n) is 11.7. The van der Waals surface area contributed by atoms with Crippen molar-refractivity contribution in [2.75, 3.05) is 18.0 Å². The fourth-order valence-electron chi connectivity index (χ4n) is 2.83. The zero-order valence-corrected chi connectivity index (χ0v) is 11.7. The lowest BCUT2D eigenvalue weighted by molar-refractivity contribution is 0.939. The summed E-state index contributed by atoms with van der Waals surface area (Å²) >= 11 is 0. The molecular formula is C17H16N4. The van der Waals surface area contributed by atoms with Crippen LogP contribution < -0.4 is 4.90 Å². The topological polar surface area (TPSA) is 41.9 Å². The van der Waals surface area contributed by atoms with Crippen molar-refractivity contribution in [2.45, 2.75) is 12.8 Å². The molecule has 0 saturated carbocycles. The third kappa shape index (κ3) is 2.33. The molecule has 104 valence electrons. The van der Waals surface area contributed by atoms with Crippen molar-refractivity contribution in [1.82, 2.24) is 15.0 Å². The van der Waals surface area contributed by atoms with Gasteiger partial charge in [0.1, 0.15) is 5.82 Å². The number of hydrogen-bond acceptors (Lipinski definition) is 4. The van der Waals surface area contributed by atoms with Gasteiger partial charge in [-0.2, -0.15) is 0 Å². The largest absolute Gasteiger partial charge is 0.357 e. The molecule has 4 nitrogen and oxygen atoms in total. The molecule has 3 heterocycles. The van der Waals surface area contributed by atoms with E-state index in [-0.39, 0.29) is 0 Å². The normalized spacial score (nSPS) is 14.8. The summed E-state index contributed by atoms with van der Waals surface area (Å²) in [4.78, 5) is 15.8. The summed E-state index contributed by atoms with van der Waals surface area (Å²) in [5.41, 5.74) is 3.90. The number of rotatable bonds is 2. The van der Waals surface area contributed by atoms with Crippen molar-refractivity contribution in [2.24, 2.45) is 0 Å². The fourth-order valence-corrected chi connectivity index (χ4v) is 2.83. The number of fused-ring (bicyclic) bond motifs is 1. The number of benzene rings is 1. The fraction of sp³-hybridized carbons (Fsp3) is 0.235. The van der Waals surface area contributed by atoms with Crippen LogP contribution in [0.2, 0.25) is 0 Å². The first-order chi connectivity index (χ1) is 10.4. The van der Waals surface area contributed by atoms with Crippen molar-refractivity contribution in [3.63, 3.8) is 0 Å². The Morgan fingerprint density at radius 3 is 2.52 bits per heavy atom. The van der Waals surface area contributed by atoms with Crippen LogP contribution in [-0.2, 0) is 0 Å². The van der Waals surface area contributed by atoms with Gasteiger partial charge < -0.3 is 4.90 Å². The second kappa shape index (κ2) is 5.13. The highest BCUT2D eigenvalue weighted by atomic mass is 15.2. The quantitative estimate of drug-likeness (QED) is 0.720. The van der Waals surface area contributed by atoms with E-state index in [2.05, 4.69) is 45.2 Å². The molecule has 1 fully saturated rings. The highest BCUT2D eigenvalue weighted by Crippen LogP contribution is 2.24. The van der Waals surface area contributed by atoms with Gasteiger partial charge in [-0.3, -0.25) is 9.97 Å². The van der Waals surface area contributed by atoms with Gasteiger partial charge in [0, 0.05) is 31.0 Å². The standard InChI is InChI=1S/C17H16N4/c1-2-11-21(10-1)17-5-3-4-14(20-17)13-6-7-15-16(12-13)19-9-8-18-15/h3-9,12H,1-2,10-11H2. The van der Waals surface area contributed by atoms with Gasteiger partial charge in [-0.15, -0.1) is 0 Å². The Morgan fingerprint density at radius 1 is 0.857 bits per heavy atom. The molecule has 0 radical (unpaired) electrons. The Kier molecular flexibility index (Phi) is 2.99. The van der Waals surface area contributed by atoms with Crippen LogP contribution in [0.15, 0.2) is 48.8 Å². The molecule has 4 heteroatoms. The Morgan fingerprint density at radius 2 is 1.67 bits per heavy atom. The summed E-state index contributed by atoms with van der Waals surface area (Å²) in [6.07, 6.45) is 5.96. The monoisotopic (exact) mass is 276 g/mol. The van der Waals surface area contributed by atoms with Gasteiger partial charge in [0.25, 0.3) is 0 Å². The number of aromatic nitrogens is 3. The van der Waals surface area contributed by atoms with Crippen molar-refractivity contribution >= 4 is 16.9 Å². The molecule has 4 rings (SSSR count). The molecule has 0 atom stereocenters. The Balaban J connectivity index is 1.75. The van der Waals surface area contributed by atoms with Gasteiger partial charge in [0.15, 0.2) is 0 Å². The minimum Gasteiger partial charge on any atom is -0.357 e. The molecule has 1 saturated heterocycles. The summed E-state index contributed by atoms with van der Waals surface area (Å²) < 4.78 is 0. The van der Waals surface area contributed by atoms with Crippen LogP contribution in [0.1, 0.15) is 12.8 Å². The van der Waals surface area contributed by atoms with Gasteiger partial charge >= 0.3 is 0 Å². The Hall–Kier alpha value is -2.49. The van der Waals surface area contributed by atoms with Crippen LogP contribution in [0, 0.1) is 0 Å². The van der Waals surface area contributed by atoms with Crippen molar-refractivity contribution in [3.8, 4) is 11.3 Å². The van der Waals surface area contributed by atoms with Crippen LogP contribution >= 0.6 is 0 Å². The SMILES string of the molecule is c1cc(-c2ccc3nccnc3c2)nc(N2CCCC2)c1. The minimum absolute atomic E-state index is 0.906. The average molecular weight is 276 g/mol. The Bertz CT molecular complexity index is 778.